The van der Waals surface area contributed by atoms with Crippen molar-refractivity contribution in [1.29, 1.82) is 0 Å². The monoisotopic (exact) mass is 338 g/mol. The maximum atomic E-state index is 12.4. The number of fused-ring (bicyclic) bond motifs is 2. The van der Waals surface area contributed by atoms with E-state index >= 15 is 0 Å². The van der Waals surface area contributed by atoms with Gasteiger partial charge in [-0.15, -0.1) is 0 Å². The number of hydrogen-bond acceptors (Lipinski definition) is 6. The highest BCUT2D eigenvalue weighted by atomic mass is 16.6. The first-order chi connectivity index (χ1) is 11.2. The van der Waals surface area contributed by atoms with Crippen molar-refractivity contribution in [2.24, 2.45) is 0 Å². The summed E-state index contributed by atoms with van der Waals surface area (Å²) in [7, 11) is 1.91. The molecule has 0 aromatic heterocycles. The Kier molecular flexibility index (Phi) is 5.32. The lowest BCUT2D eigenvalue weighted by Gasteiger charge is -2.48. The standard InChI is InChI=1S/C17H26N2O5/c1-6-23-15(21)14-11(10-20)7-12-8-19(9-13(14)18(12)5)16(22)24-17(2,3)4/h10,12-13H,6-9H2,1-5H3. The van der Waals surface area contributed by atoms with Crippen LogP contribution < -0.4 is 0 Å². The molecule has 0 radical (unpaired) electrons. The molecule has 2 atom stereocenters. The summed E-state index contributed by atoms with van der Waals surface area (Å²) in [6.07, 6.45) is 0.759. The summed E-state index contributed by atoms with van der Waals surface area (Å²) in [6, 6.07) is -0.376. The zero-order chi connectivity index (χ0) is 18.1. The second-order valence-electron chi connectivity index (χ2n) is 7.20. The van der Waals surface area contributed by atoms with E-state index in [1.54, 1.807) is 11.8 Å². The molecule has 2 unspecified atom stereocenters. The van der Waals surface area contributed by atoms with Crippen LogP contribution in [0, 0.1) is 0 Å². The van der Waals surface area contributed by atoms with Gasteiger partial charge in [-0.25, -0.2) is 9.59 Å². The van der Waals surface area contributed by atoms with Crippen LogP contribution in [0.2, 0.25) is 0 Å². The van der Waals surface area contributed by atoms with Gasteiger partial charge in [0.25, 0.3) is 0 Å². The predicted octanol–water partition coefficient (Wildman–Crippen LogP) is 1.37. The molecule has 2 aliphatic rings. The Labute approximate surface area is 142 Å². The van der Waals surface area contributed by atoms with E-state index in [1.165, 1.54) is 0 Å². The number of likely N-dealkylation sites (N-methyl/N-ethyl adjacent to an activating group) is 1. The number of aldehydes is 1. The average molecular weight is 338 g/mol. The highest BCUT2D eigenvalue weighted by Gasteiger charge is 2.44. The minimum absolute atomic E-state index is 0.0188. The first-order valence-corrected chi connectivity index (χ1v) is 8.23. The zero-order valence-corrected chi connectivity index (χ0v) is 15.0. The van der Waals surface area contributed by atoms with E-state index < -0.39 is 17.7 Å². The molecule has 0 saturated carbocycles. The van der Waals surface area contributed by atoms with Gasteiger partial charge in [-0.2, -0.15) is 0 Å². The normalized spacial score (nSPS) is 24.6. The highest BCUT2D eigenvalue weighted by molar-refractivity contribution is 5.97. The molecule has 0 aromatic rings. The van der Waals surface area contributed by atoms with Gasteiger partial charge < -0.3 is 14.4 Å². The average Bonchev–Trinajstić information content (AvgIpc) is 2.45. The molecule has 24 heavy (non-hydrogen) atoms. The second-order valence-corrected chi connectivity index (χ2v) is 7.20. The topological polar surface area (TPSA) is 76.2 Å². The molecule has 134 valence electrons. The van der Waals surface area contributed by atoms with Crippen molar-refractivity contribution in [2.75, 3.05) is 26.7 Å². The van der Waals surface area contributed by atoms with Gasteiger partial charge in [0.1, 0.15) is 11.9 Å². The van der Waals surface area contributed by atoms with Crippen molar-refractivity contribution < 1.29 is 23.9 Å². The fraction of sp³-hybridized carbons (Fsp3) is 0.706. The molecule has 0 N–H and O–H groups in total. The first-order valence-electron chi connectivity index (χ1n) is 8.23. The summed E-state index contributed by atoms with van der Waals surface area (Å²) >= 11 is 0. The number of rotatable bonds is 3. The zero-order valence-electron chi connectivity index (χ0n) is 15.0. The number of carbonyl (C=O) groups excluding carboxylic acids is 3. The maximum Gasteiger partial charge on any atom is 0.410 e. The van der Waals surface area contributed by atoms with Crippen LogP contribution >= 0.6 is 0 Å². The van der Waals surface area contributed by atoms with Crippen LogP contribution in [0.15, 0.2) is 11.1 Å². The van der Waals surface area contributed by atoms with E-state index in [-0.39, 0.29) is 18.7 Å². The molecule has 7 nitrogen and oxygen atoms in total. The van der Waals surface area contributed by atoms with E-state index in [1.807, 2.05) is 32.7 Å². The van der Waals surface area contributed by atoms with Crippen molar-refractivity contribution in [3.8, 4) is 0 Å². The van der Waals surface area contributed by atoms with Gasteiger partial charge in [0, 0.05) is 24.7 Å². The van der Waals surface area contributed by atoms with Gasteiger partial charge in [0.2, 0.25) is 0 Å². The number of piperazine rings is 1. The second kappa shape index (κ2) is 6.93. The van der Waals surface area contributed by atoms with Gasteiger partial charge in [-0.3, -0.25) is 9.69 Å². The molecule has 2 heterocycles. The summed E-state index contributed by atoms with van der Waals surface area (Å²) in [5, 5.41) is 0. The van der Waals surface area contributed by atoms with Gasteiger partial charge >= 0.3 is 12.1 Å². The Bertz CT molecular complexity index is 564. The van der Waals surface area contributed by atoms with Gasteiger partial charge in [0.15, 0.2) is 0 Å². The van der Waals surface area contributed by atoms with E-state index in [0.717, 1.165) is 6.29 Å². The lowest BCUT2D eigenvalue weighted by molar-refractivity contribution is -0.140. The number of nitrogens with zero attached hydrogens (tertiary/aromatic N) is 2. The van der Waals surface area contributed by atoms with Crippen molar-refractivity contribution >= 4 is 18.3 Å². The summed E-state index contributed by atoms with van der Waals surface area (Å²) in [4.78, 5) is 39.8. The largest absolute Gasteiger partial charge is 0.463 e. The van der Waals surface area contributed by atoms with E-state index in [9.17, 15) is 14.4 Å². The number of hydrogen-bond donors (Lipinski definition) is 0. The SMILES string of the molecule is CCOC(=O)C1=C(C=O)CC2CN(C(=O)OC(C)(C)C)CC1N2C. The molecule has 0 aliphatic carbocycles. The van der Waals surface area contributed by atoms with Crippen LogP contribution in [0.4, 0.5) is 4.79 Å². The summed E-state index contributed by atoms with van der Waals surface area (Å²) in [5.74, 6) is -0.485. The Morgan fingerprint density at radius 2 is 1.96 bits per heavy atom. The summed E-state index contributed by atoms with van der Waals surface area (Å²) in [5.41, 5.74) is 0.257. The molecule has 1 fully saturated rings. The molecular formula is C17H26N2O5. The first kappa shape index (κ1) is 18.4. The van der Waals surface area contributed by atoms with Crippen molar-refractivity contribution in [2.45, 2.75) is 51.8 Å². The van der Waals surface area contributed by atoms with Crippen molar-refractivity contribution in [3.05, 3.63) is 11.1 Å². The van der Waals surface area contributed by atoms with E-state index in [2.05, 4.69) is 0 Å². The molecule has 2 rings (SSSR count). The number of ether oxygens (including phenoxy) is 2. The molecule has 2 bridgehead atoms. The smallest absolute Gasteiger partial charge is 0.410 e. The number of carbonyl (C=O) groups is 3. The Morgan fingerprint density at radius 1 is 1.29 bits per heavy atom. The predicted molar refractivity (Wildman–Crippen MR) is 87.5 cm³/mol. The third-order valence-corrected chi connectivity index (χ3v) is 4.32. The van der Waals surface area contributed by atoms with E-state index in [4.69, 9.17) is 9.47 Å². The lowest BCUT2D eigenvalue weighted by Crippen LogP contribution is -2.62. The molecule has 1 amide bonds. The van der Waals surface area contributed by atoms with Gasteiger partial charge in [0.05, 0.1) is 18.2 Å². The quantitative estimate of drug-likeness (QED) is 0.571. The van der Waals surface area contributed by atoms with E-state index in [0.29, 0.717) is 30.7 Å². The molecule has 7 heteroatoms. The third-order valence-electron chi connectivity index (χ3n) is 4.32. The van der Waals surface area contributed by atoms with Crippen LogP contribution in [-0.4, -0.2) is 72.6 Å². The summed E-state index contributed by atoms with van der Waals surface area (Å²) < 4.78 is 10.6. The van der Waals surface area contributed by atoms with Crippen LogP contribution in [0.5, 0.6) is 0 Å². The third kappa shape index (κ3) is 3.77. The molecule has 1 saturated heterocycles. The minimum atomic E-state index is -0.580. The fourth-order valence-electron chi connectivity index (χ4n) is 3.19. The Hall–Kier alpha value is -1.89. The number of esters is 1. The van der Waals surface area contributed by atoms with Crippen LogP contribution in [0.3, 0.4) is 0 Å². The maximum absolute atomic E-state index is 12.4. The van der Waals surface area contributed by atoms with Crippen molar-refractivity contribution in [1.82, 2.24) is 9.80 Å². The summed E-state index contributed by atoms with van der Waals surface area (Å²) in [6.45, 7) is 8.18. The molecule has 0 aromatic carbocycles. The van der Waals surface area contributed by atoms with Gasteiger partial charge in [-0.1, -0.05) is 0 Å². The van der Waals surface area contributed by atoms with Crippen LogP contribution in [-0.2, 0) is 19.1 Å². The Morgan fingerprint density at radius 3 is 2.50 bits per heavy atom. The fourth-order valence-corrected chi connectivity index (χ4v) is 3.19. The Balaban J connectivity index is 2.27. The molecular weight excluding hydrogens is 312 g/mol. The number of amides is 1. The highest BCUT2D eigenvalue weighted by Crippen LogP contribution is 2.32. The minimum Gasteiger partial charge on any atom is -0.463 e. The molecule has 2 aliphatic heterocycles. The van der Waals surface area contributed by atoms with Gasteiger partial charge in [-0.05, 0) is 41.2 Å². The molecule has 0 spiro atoms. The van der Waals surface area contributed by atoms with Crippen LogP contribution in [0.25, 0.3) is 0 Å². The lowest BCUT2D eigenvalue weighted by atomic mass is 9.86. The van der Waals surface area contributed by atoms with Crippen molar-refractivity contribution in [3.63, 3.8) is 0 Å². The van der Waals surface area contributed by atoms with Crippen LogP contribution in [0.1, 0.15) is 34.1 Å².